The maximum atomic E-state index is 12.2. The van der Waals surface area contributed by atoms with Gasteiger partial charge in [0.2, 0.25) is 5.91 Å². The highest BCUT2D eigenvalue weighted by Crippen LogP contribution is 2.36. The molecule has 1 amide bonds. The van der Waals surface area contributed by atoms with Crippen LogP contribution in [0.25, 0.3) is 0 Å². The van der Waals surface area contributed by atoms with Gasteiger partial charge in [0.1, 0.15) is 0 Å². The molecule has 0 aromatic carbocycles. The Morgan fingerprint density at radius 3 is 2.04 bits per heavy atom. The van der Waals surface area contributed by atoms with Crippen molar-refractivity contribution in [1.82, 2.24) is 15.3 Å². The summed E-state index contributed by atoms with van der Waals surface area (Å²) in [5.74, 6) is -1.20. The molecule has 0 spiro atoms. The molecule has 1 saturated heterocycles. The summed E-state index contributed by atoms with van der Waals surface area (Å²) in [5.41, 5.74) is 4.56. The highest BCUT2D eigenvalue weighted by molar-refractivity contribution is 5.79. The molecular formula is C17H36N4O4. The predicted molar refractivity (Wildman–Crippen MR) is 97.4 cm³/mol. The van der Waals surface area contributed by atoms with E-state index in [1.807, 2.05) is 41.5 Å². The Kier molecular flexibility index (Phi) is 9.57. The van der Waals surface area contributed by atoms with Crippen LogP contribution in [0.15, 0.2) is 0 Å². The van der Waals surface area contributed by atoms with Gasteiger partial charge >= 0.3 is 5.97 Å². The second-order valence-electron chi connectivity index (χ2n) is 7.50. The number of amides is 1. The number of nitrogens with zero attached hydrogens (tertiary/aromatic N) is 2. The summed E-state index contributed by atoms with van der Waals surface area (Å²) in [6, 6.07) is -0.0690. The van der Waals surface area contributed by atoms with Crippen LogP contribution in [-0.4, -0.2) is 75.5 Å². The Bertz CT molecular complexity index is 422. The second-order valence-corrected chi connectivity index (χ2v) is 7.50. The molecule has 0 aromatic rings. The van der Waals surface area contributed by atoms with E-state index in [4.69, 9.17) is 10.8 Å². The van der Waals surface area contributed by atoms with Gasteiger partial charge < -0.3 is 21.4 Å². The number of piperidine rings is 1. The van der Waals surface area contributed by atoms with Gasteiger partial charge in [-0.25, -0.2) is 0 Å². The van der Waals surface area contributed by atoms with Crippen LogP contribution in [0.1, 0.15) is 54.4 Å². The average molecular weight is 360 g/mol. The van der Waals surface area contributed by atoms with Crippen molar-refractivity contribution in [2.75, 3.05) is 26.2 Å². The van der Waals surface area contributed by atoms with E-state index in [2.05, 4.69) is 5.32 Å². The van der Waals surface area contributed by atoms with Gasteiger partial charge in [-0.1, -0.05) is 13.8 Å². The van der Waals surface area contributed by atoms with Gasteiger partial charge in [-0.05, 0) is 40.5 Å². The lowest BCUT2D eigenvalue weighted by atomic mass is 9.79. The number of carbonyl (C=O) groups is 2. The highest BCUT2D eigenvalue weighted by atomic mass is 16.5. The molecule has 25 heavy (non-hydrogen) atoms. The number of carboxylic acid groups (broad SMARTS) is 1. The first-order chi connectivity index (χ1) is 11.5. The van der Waals surface area contributed by atoms with Crippen LogP contribution in [0, 0.1) is 0 Å². The number of hydroxylamine groups is 2. The van der Waals surface area contributed by atoms with Crippen LogP contribution < -0.4 is 11.1 Å². The third-order valence-electron chi connectivity index (χ3n) is 4.18. The molecule has 1 heterocycles. The lowest BCUT2D eigenvalue weighted by Crippen LogP contribution is -2.63. The van der Waals surface area contributed by atoms with Gasteiger partial charge in [-0.3, -0.25) is 14.5 Å². The zero-order chi connectivity index (χ0) is 19.8. The lowest BCUT2D eigenvalue weighted by molar-refractivity contribution is -0.246. The third kappa shape index (κ3) is 7.68. The summed E-state index contributed by atoms with van der Waals surface area (Å²) in [6.45, 7) is 12.2. The van der Waals surface area contributed by atoms with E-state index in [9.17, 15) is 14.8 Å². The molecular weight excluding hydrogens is 324 g/mol. The predicted octanol–water partition coefficient (Wildman–Crippen LogP) is 0.885. The second kappa shape index (κ2) is 10.1. The number of aliphatic carboxylic acids is 1. The molecule has 5 N–H and O–H groups in total. The molecule has 1 fully saturated rings. The monoisotopic (exact) mass is 360 g/mol. The van der Waals surface area contributed by atoms with Crippen LogP contribution in [0.2, 0.25) is 0 Å². The molecule has 1 rings (SSSR count). The Balaban J connectivity index is 0.00000277. The Morgan fingerprint density at radius 2 is 1.64 bits per heavy atom. The Hall–Kier alpha value is -1.22. The smallest absolute Gasteiger partial charge is 0.317 e. The van der Waals surface area contributed by atoms with Crippen molar-refractivity contribution in [3.63, 3.8) is 0 Å². The van der Waals surface area contributed by atoms with Crippen molar-refractivity contribution < 1.29 is 19.9 Å². The highest BCUT2D eigenvalue weighted by Gasteiger charge is 2.45. The minimum atomic E-state index is -0.984. The van der Waals surface area contributed by atoms with E-state index in [0.29, 0.717) is 25.9 Å². The number of nitrogens with two attached hydrogens (primary N) is 1. The van der Waals surface area contributed by atoms with Crippen LogP contribution in [0.5, 0.6) is 0 Å². The summed E-state index contributed by atoms with van der Waals surface area (Å²) < 4.78 is 0. The lowest BCUT2D eigenvalue weighted by Gasteiger charge is -2.51. The molecule has 8 nitrogen and oxygen atoms in total. The number of carbonyl (C=O) groups excluding carboxylic acids is 1. The maximum absolute atomic E-state index is 12.2. The van der Waals surface area contributed by atoms with Crippen LogP contribution in [0.4, 0.5) is 0 Å². The fourth-order valence-electron chi connectivity index (χ4n) is 3.44. The topological polar surface area (TPSA) is 119 Å². The van der Waals surface area contributed by atoms with E-state index in [1.54, 1.807) is 0 Å². The Morgan fingerprint density at radius 1 is 1.16 bits per heavy atom. The normalized spacial score (nSPS) is 19.9. The van der Waals surface area contributed by atoms with Crippen LogP contribution >= 0.6 is 0 Å². The van der Waals surface area contributed by atoms with Crippen molar-refractivity contribution in [3.8, 4) is 0 Å². The standard InChI is InChI=1S/C15H30N4O4.C2H6/c1-14(2)7-11(8-15(3,4)19(14)23)17-12(20)9-18(6-5-16)10-13(21)22;1-2/h11,23H,5-10,16H2,1-4H3,(H,17,20)(H,21,22);1-2H3. The van der Waals surface area contributed by atoms with Gasteiger partial charge in [0.05, 0.1) is 13.1 Å². The van der Waals surface area contributed by atoms with Crippen LogP contribution in [0.3, 0.4) is 0 Å². The van der Waals surface area contributed by atoms with Gasteiger partial charge in [0, 0.05) is 30.2 Å². The molecule has 8 heteroatoms. The summed E-state index contributed by atoms with van der Waals surface area (Å²) in [6.07, 6.45) is 1.24. The molecule has 0 unspecified atom stereocenters. The van der Waals surface area contributed by atoms with Crippen molar-refractivity contribution in [3.05, 3.63) is 0 Å². The number of nitrogens with one attached hydrogen (secondary N) is 1. The fraction of sp³-hybridized carbons (Fsp3) is 0.882. The Labute approximate surface area is 151 Å². The molecule has 0 bridgehead atoms. The first kappa shape index (κ1) is 23.8. The summed E-state index contributed by atoms with van der Waals surface area (Å²) in [5, 5.41) is 23.4. The van der Waals surface area contributed by atoms with Crippen molar-refractivity contribution in [2.24, 2.45) is 5.73 Å². The largest absolute Gasteiger partial charge is 0.480 e. The zero-order valence-corrected chi connectivity index (χ0v) is 16.5. The molecule has 1 aliphatic rings. The van der Waals surface area contributed by atoms with Gasteiger partial charge in [-0.15, -0.1) is 0 Å². The van der Waals surface area contributed by atoms with Crippen molar-refractivity contribution in [1.29, 1.82) is 0 Å². The zero-order valence-electron chi connectivity index (χ0n) is 16.5. The minimum absolute atomic E-state index is 0.00367. The number of hydrogen-bond donors (Lipinski definition) is 4. The molecule has 0 aliphatic carbocycles. The molecule has 0 saturated carbocycles. The third-order valence-corrected chi connectivity index (χ3v) is 4.18. The first-order valence-electron chi connectivity index (χ1n) is 8.91. The van der Waals surface area contributed by atoms with Gasteiger partial charge in [0.25, 0.3) is 0 Å². The van der Waals surface area contributed by atoms with E-state index in [0.717, 1.165) is 0 Å². The molecule has 0 aromatic heterocycles. The summed E-state index contributed by atoms with van der Waals surface area (Å²) >= 11 is 0. The van der Waals surface area contributed by atoms with E-state index in [1.165, 1.54) is 9.96 Å². The van der Waals surface area contributed by atoms with E-state index >= 15 is 0 Å². The molecule has 148 valence electrons. The maximum Gasteiger partial charge on any atom is 0.317 e. The molecule has 1 aliphatic heterocycles. The van der Waals surface area contributed by atoms with E-state index in [-0.39, 0.29) is 25.0 Å². The number of hydrogen-bond acceptors (Lipinski definition) is 6. The van der Waals surface area contributed by atoms with Crippen molar-refractivity contribution in [2.45, 2.75) is 71.5 Å². The first-order valence-corrected chi connectivity index (χ1v) is 8.91. The summed E-state index contributed by atoms with van der Waals surface area (Å²) in [7, 11) is 0. The average Bonchev–Trinajstić information content (AvgIpc) is 2.45. The van der Waals surface area contributed by atoms with E-state index < -0.39 is 17.0 Å². The minimum Gasteiger partial charge on any atom is -0.480 e. The van der Waals surface area contributed by atoms with Crippen molar-refractivity contribution >= 4 is 11.9 Å². The summed E-state index contributed by atoms with van der Waals surface area (Å²) in [4.78, 5) is 24.5. The fourth-order valence-corrected chi connectivity index (χ4v) is 3.44. The SMILES string of the molecule is CC.CC1(C)CC(NC(=O)CN(CCN)CC(=O)O)CC(C)(C)N1O. The quantitative estimate of drug-likeness (QED) is 0.532. The number of carboxylic acids is 1. The molecule has 0 atom stereocenters. The van der Waals surface area contributed by atoms with Gasteiger partial charge in [0.15, 0.2) is 0 Å². The number of rotatable bonds is 7. The van der Waals surface area contributed by atoms with Gasteiger partial charge in [-0.2, -0.15) is 5.06 Å². The molecule has 0 radical (unpaired) electrons. The van der Waals surface area contributed by atoms with Crippen LogP contribution in [-0.2, 0) is 9.59 Å².